The first-order valence-corrected chi connectivity index (χ1v) is 9.29. The van der Waals surface area contributed by atoms with Crippen molar-refractivity contribution in [1.82, 2.24) is 15.2 Å². The van der Waals surface area contributed by atoms with Crippen LogP contribution in [0.3, 0.4) is 0 Å². The van der Waals surface area contributed by atoms with Gasteiger partial charge in [0, 0.05) is 13.1 Å². The first-order valence-electron chi connectivity index (χ1n) is 9.29. The van der Waals surface area contributed by atoms with Gasteiger partial charge in [-0.3, -0.25) is 0 Å². The van der Waals surface area contributed by atoms with Gasteiger partial charge in [-0.25, -0.2) is 4.79 Å². The Balaban J connectivity index is 1.55. The second-order valence-electron chi connectivity index (χ2n) is 6.47. The zero-order valence-electron chi connectivity index (χ0n) is 15.6. The van der Waals surface area contributed by atoms with Gasteiger partial charge in [0.05, 0.1) is 24.1 Å². The number of hydrogen-bond donors (Lipinski definition) is 1. The van der Waals surface area contributed by atoms with Crippen molar-refractivity contribution in [1.29, 1.82) is 0 Å². The van der Waals surface area contributed by atoms with Crippen molar-refractivity contribution < 1.29 is 9.53 Å². The lowest BCUT2D eigenvalue weighted by Crippen LogP contribution is -2.31. The van der Waals surface area contributed by atoms with Gasteiger partial charge in [0.1, 0.15) is 0 Å². The number of ether oxygens (including phenoxy) is 1. The quantitative estimate of drug-likeness (QED) is 0.685. The number of fused-ring (bicyclic) bond motifs is 1. The minimum atomic E-state index is -0.387. The monoisotopic (exact) mass is 375 g/mol. The first-order chi connectivity index (χ1) is 13.7. The van der Waals surface area contributed by atoms with Gasteiger partial charge in [-0.15, -0.1) is 5.10 Å². The minimum Gasteiger partial charge on any atom is -0.462 e. The molecule has 1 aliphatic rings. The van der Waals surface area contributed by atoms with Gasteiger partial charge >= 0.3 is 5.97 Å². The molecule has 0 saturated carbocycles. The molecule has 1 aliphatic heterocycles. The molecule has 0 unspecified atom stereocenters. The van der Waals surface area contributed by atoms with Crippen LogP contribution in [0.2, 0.25) is 0 Å². The van der Waals surface area contributed by atoms with E-state index in [1.165, 1.54) is 11.1 Å². The smallest absolute Gasteiger partial charge is 0.340 e. The average molecular weight is 375 g/mol. The molecule has 0 amide bonds. The number of benzene rings is 2. The van der Waals surface area contributed by atoms with Crippen LogP contribution >= 0.6 is 0 Å². The number of aromatic nitrogens is 3. The number of nitrogens with one attached hydrogen (secondary N) is 1. The standard InChI is InChI=1S/C21H21N5O2/c1-2-28-20(27)17-9-5-6-10-18(17)23-21-24-19(13-22-25-21)26-12-11-15-7-3-4-8-16(15)14-26/h3-10,13H,2,11-12,14H2,1H3,(H,23,24,25). The number of rotatable bonds is 5. The maximum atomic E-state index is 12.2. The molecule has 4 rings (SSSR count). The number of carbonyl (C=O) groups excluding carboxylic acids is 1. The third kappa shape index (κ3) is 3.78. The van der Waals surface area contributed by atoms with Crippen LogP contribution < -0.4 is 10.2 Å². The Morgan fingerprint density at radius 3 is 2.79 bits per heavy atom. The molecular formula is C21H21N5O2. The van der Waals surface area contributed by atoms with Crippen LogP contribution in [0.5, 0.6) is 0 Å². The van der Waals surface area contributed by atoms with Crippen molar-refractivity contribution in [2.75, 3.05) is 23.4 Å². The predicted molar refractivity (Wildman–Crippen MR) is 107 cm³/mol. The van der Waals surface area contributed by atoms with E-state index >= 15 is 0 Å². The number of hydrogen-bond acceptors (Lipinski definition) is 7. The maximum absolute atomic E-state index is 12.2. The first kappa shape index (κ1) is 17.9. The molecule has 7 nitrogen and oxygen atoms in total. The lowest BCUT2D eigenvalue weighted by atomic mass is 10.0. The van der Waals surface area contributed by atoms with E-state index in [1.54, 1.807) is 31.3 Å². The van der Waals surface area contributed by atoms with Crippen molar-refractivity contribution in [3.8, 4) is 0 Å². The second kappa shape index (κ2) is 8.04. The van der Waals surface area contributed by atoms with Gasteiger partial charge in [0.15, 0.2) is 5.82 Å². The van der Waals surface area contributed by atoms with Gasteiger partial charge in [-0.1, -0.05) is 36.4 Å². The van der Waals surface area contributed by atoms with Crippen LogP contribution in [0.4, 0.5) is 17.5 Å². The fraction of sp³-hybridized carbons (Fsp3) is 0.238. The summed E-state index contributed by atoms with van der Waals surface area (Å²) in [6.45, 7) is 3.75. The van der Waals surface area contributed by atoms with Gasteiger partial charge in [-0.05, 0) is 36.6 Å². The number of nitrogens with zero attached hydrogens (tertiary/aromatic N) is 4. The van der Waals surface area contributed by atoms with Crippen LogP contribution in [0.1, 0.15) is 28.4 Å². The third-order valence-corrected chi connectivity index (χ3v) is 4.67. The number of para-hydroxylation sites is 1. The summed E-state index contributed by atoms with van der Waals surface area (Å²) in [5, 5.41) is 11.3. The number of anilines is 3. The predicted octanol–water partition coefficient (Wildman–Crippen LogP) is 3.35. The van der Waals surface area contributed by atoms with Crippen LogP contribution in [0.15, 0.2) is 54.7 Å². The lowest BCUT2D eigenvalue weighted by molar-refractivity contribution is 0.0527. The minimum absolute atomic E-state index is 0.317. The highest BCUT2D eigenvalue weighted by atomic mass is 16.5. The molecule has 2 aromatic carbocycles. The zero-order valence-corrected chi connectivity index (χ0v) is 15.6. The molecule has 1 aromatic heterocycles. The number of carbonyl (C=O) groups is 1. The third-order valence-electron chi connectivity index (χ3n) is 4.67. The van der Waals surface area contributed by atoms with Gasteiger partial charge in [0.2, 0.25) is 5.95 Å². The molecule has 7 heteroatoms. The highest BCUT2D eigenvalue weighted by Crippen LogP contribution is 2.24. The van der Waals surface area contributed by atoms with Crippen molar-refractivity contribution in [3.63, 3.8) is 0 Å². The van der Waals surface area contributed by atoms with Crippen molar-refractivity contribution in [2.45, 2.75) is 19.9 Å². The molecule has 0 aliphatic carbocycles. The number of esters is 1. The van der Waals surface area contributed by atoms with Crippen LogP contribution in [0.25, 0.3) is 0 Å². The molecule has 1 N–H and O–H groups in total. The fourth-order valence-electron chi connectivity index (χ4n) is 3.29. The SMILES string of the molecule is CCOC(=O)c1ccccc1Nc1nncc(N2CCc3ccccc3C2)n1. The summed E-state index contributed by atoms with van der Waals surface area (Å²) in [4.78, 5) is 18.9. The van der Waals surface area contributed by atoms with Gasteiger partial charge in [-0.2, -0.15) is 10.1 Å². The molecular weight excluding hydrogens is 354 g/mol. The molecule has 0 radical (unpaired) electrons. The van der Waals surface area contributed by atoms with E-state index in [0.717, 1.165) is 25.3 Å². The maximum Gasteiger partial charge on any atom is 0.340 e. The Morgan fingerprint density at radius 2 is 1.93 bits per heavy atom. The highest BCUT2D eigenvalue weighted by molar-refractivity contribution is 5.96. The average Bonchev–Trinajstić information content (AvgIpc) is 2.74. The molecule has 0 atom stereocenters. The summed E-state index contributed by atoms with van der Waals surface area (Å²) >= 11 is 0. The van der Waals surface area contributed by atoms with E-state index in [4.69, 9.17) is 4.74 Å². The van der Waals surface area contributed by atoms with Crippen molar-refractivity contribution in [2.24, 2.45) is 0 Å². The zero-order chi connectivity index (χ0) is 19.3. The largest absolute Gasteiger partial charge is 0.462 e. The van der Waals surface area contributed by atoms with E-state index in [1.807, 2.05) is 6.07 Å². The Morgan fingerprint density at radius 1 is 1.14 bits per heavy atom. The Kier molecular flexibility index (Phi) is 5.14. The molecule has 0 fully saturated rings. The molecule has 3 aromatic rings. The summed E-state index contributed by atoms with van der Waals surface area (Å²) in [5.74, 6) is 0.705. The van der Waals surface area contributed by atoms with E-state index in [9.17, 15) is 4.79 Å². The van der Waals surface area contributed by atoms with Crippen LogP contribution in [0, 0.1) is 0 Å². The molecule has 142 valence electrons. The Bertz CT molecular complexity index is 992. The van der Waals surface area contributed by atoms with Crippen LogP contribution in [-0.4, -0.2) is 34.3 Å². The molecule has 2 heterocycles. The van der Waals surface area contributed by atoms with E-state index in [2.05, 4.69) is 49.7 Å². The van der Waals surface area contributed by atoms with E-state index in [-0.39, 0.29) is 5.97 Å². The summed E-state index contributed by atoms with van der Waals surface area (Å²) < 4.78 is 5.11. The molecule has 28 heavy (non-hydrogen) atoms. The highest BCUT2D eigenvalue weighted by Gasteiger charge is 2.18. The van der Waals surface area contributed by atoms with E-state index in [0.29, 0.717) is 23.8 Å². The normalized spacial score (nSPS) is 13.0. The van der Waals surface area contributed by atoms with Crippen molar-refractivity contribution >= 4 is 23.4 Å². The fourth-order valence-corrected chi connectivity index (χ4v) is 3.29. The van der Waals surface area contributed by atoms with Gasteiger partial charge in [0.25, 0.3) is 0 Å². The summed E-state index contributed by atoms with van der Waals surface area (Å²) in [6.07, 6.45) is 2.63. The summed E-state index contributed by atoms with van der Waals surface area (Å²) in [7, 11) is 0. The second-order valence-corrected chi connectivity index (χ2v) is 6.47. The van der Waals surface area contributed by atoms with Gasteiger partial charge < -0.3 is 15.0 Å². The lowest BCUT2D eigenvalue weighted by Gasteiger charge is -2.29. The van der Waals surface area contributed by atoms with Crippen LogP contribution in [-0.2, 0) is 17.7 Å². The topological polar surface area (TPSA) is 80.2 Å². The molecule has 0 spiro atoms. The summed E-state index contributed by atoms with van der Waals surface area (Å²) in [6, 6.07) is 15.6. The molecule has 0 bridgehead atoms. The molecule has 0 saturated heterocycles. The van der Waals surface area contributed by atoms with Crippen molar-refractivity contribution in [3.05, 3.63) is 71.4 Å². The Hall–Kier alpha value is -3.48. The Labute approximate surface area is 163 Å². The summed E-state index contributed by atoms with van der Waals surface area (Å²) in [5.41, 5.74) is 3.70. The van der Waals surface area contributed by atoms with E-state index < -0.39 is 0 Å².